The molecule has 1 unspecified atom stereocenters. The number of carbonyl (C=O) groups excluding carboxylic acids is 3. The van der Waals surface area contributed by atoms with Crippen molar-refractivity contribution in [2.75, 3.05) is 17.7 Å². The monoisotopic (exact) mass is 481 g/mol. The molecule has 1 aliphatic carbocycles. The van der Waals surface area contributed by atoms with E-state index in [1.54, 1.807) is 49.4 Å². The standard InChI is InChI=1S/C25H35N7O3/c1-4-19(17-8-6-5-7-9-17)29-25(35)32-22(24(34)30(2)21-11-13-28-31(21)3)18(23(32)33)14-16-10-12-27-20(26)15-16/h10-13,15,17-19,22H,4-9,14H2,1-3H3,(H2,26,27)(H,29,35)/t18-,19?,22+/m1/s1. The van der Waals surface area contributed by atoms with Gasteiger partial charge in [-0.3, -0.25) is 24.1 Å². The van der Waals surface area contributed by atoms with Crippen LogP contribution in [-0.4, -0.2) is 56.6 Å². The van der Waals surface area contributed by atoms with Crippen LogP contribution < -0.4 is 16.0 Å². The van der Waals surface area contributed by atoms with Gasteiger partial charge >= 0.3 is 6.03 Å². The van der Waals surface area contributed by atoms with Crippen molar-refractivity contribution in [3.8, 4) is 0 Å². The molecule has 0 radical (unpaired) electrons. The Labute approximate surface area is 205 Å². The van der Waals surface area contributed by atoms with E-state index in [0.717, 1.165) is 42.6 Å². The summed E-state index contributed by atoms with van der Waals surface area (Å²) < 4.78 is 1.58. The number of nitrogens with one attached hydrogen (secondary N) is 1. The molecule has 4 amide bonds. The summed E-state index contributed by atoms with van der Waals surface area (Å²) in [5, 5.41) is 7.21. The lowest BCUT2D eigenvalue weighted by Crippen LogP contribution is -2.71. The number of amides is 4. The molecule has 3 atom stereocenters. The van der Waals surface area contributed by atoms with Crippen molar-refractivity contribution >= 4 is 29.5 Å². The zero-order chi connectivity index (χ0) is 25.1. The van der Waals surface area contributed by atoms with E-state index >= 15 is 0 Å². The van der Waals surface area contributed by atoms with E-state index < -0.39 is 18.0 Å². The number of β-lactam (4-membered cyclic amide) rings is 1. The number of anilines is 2. The first-order valence-electron chi connectivity index (χ1n) is 12.4. The van der Waals surface area contributed by atoms with Crippen LogP contribution in [-0.2, 0) is 23.1 Å². The number of hydrogen-bond donors (Lipinski definition) is 2. The van der Waals surface area contributed by atoms with Crippen molar-refractivity contribution < 1.29 is 14.4 Å². The van der Waals surface area contributed by atoms with Gasteiger partial charge in [0.15, 0.2) is 0 Å². The van der Waals surface area contributed by atoms with Gasteiger partial charge in [0.05, 0.1) is 12.1 Å². The molecular weight excluding hydrogens is 446 g/mol. The molecule has 1 aliphatic heterocycles. The molecule has 1 saturated carbocycles. The van der Waals surface area contributed by atoms with E-state index in [2.05, 4.69) is 15.4 Å². The second kappa shape index (κ2) is 10.5. The van der Waals surface area contributed by atoms with Crippen molar-refractivity contribution in [1.82, 2.24) is 25.0 Å². The fourth-order valence-corrected chi connectivity index (χ4v) is 5.46. The van der Waals surface area contributed by atoms with Crippen molar-refractivity contribution in [3.05, 3.63) is 36.2 Å². The molecular formula is C25H35N7O3. The van der Waals surface area contributed by atoms with Crippen LogP contribution in [0.5, 0.6) is 0 Å². The molecule has 4 rings (SSSR count). The van der Waals surface area contributed by atoms with Crippen LogP contribution in [0.25, 0.3) is 0 Å². The second-order valence-electron chi connectivity index (χ2n) is 9.63. The molecule has 0 bridgehead atoms. The molecule has 10 heteroatoms. The Hall–Kier alpha value is -3.43. The lowest BCUT2D eigenvalue weighted by atomic mass is 9.81. The highest BCUT2D eigenvalue weighted by molar-refractivity contribution is 6.12. The molecule has 3 N–H and O–H groups in total. The molecule has 10 nitrogen and oxygen atoms in total. The maximum atomic E-state index is 13.6. The van der Waals surface area contributed by atoms with Crippen LogP contribution in [0.15, 0.2) is 30.6 Å². The summed E-state index contributed by atoms with van der Waals surface area (Å²) in [6.07, 6.45) is 9.95. The summed E-state index contributed by atoms with van der Waals surface area (Å²) in [5.74, 6) is -0.0297. The predicted octanol–water partition coefficient (Wildman–Crippen LogP) is 2.50. The second-order valence-corrected chi connectivity index (χ2v) is 9.63. The van der Waals surface area contributed by atoms with E-state index in [1.807, 2.05) is 6.92 Å². The minimum atomic E-state index is -0.916. The van der Waals surface area contributed by atoms with Gasteiger partial charge in [0, 0.05) is 32.4 Å². The zero-order valence-electron chi connectivity index (χ0n) is 20.7. The first-order chi connectivity index (χ1) is 16.8. The Kier molecular flexibility index (Phi) is 7.37. The highest BCUT2D eigenvalue weighted by Gasteiger charge is 2.55. The summed E-state index contributed by atoms with van der Waals surface area (Å²) in [5.41, 5.74) is 6.61. The van der Waals surface area contributed by atoms with E-state index in [-0.39, 0.29) is 17.9 Å². The molecule has 2 aliphatic rings. The summed E-state index contributed by atoms with van der Waals surface area (Å²) in [7, 11) is 3.37. The molecule has 35 heavy (non-hydrogen) atoms. The van der Waals surface area contributed by atoms with Crippen molar-refractivity contribution in [2.45, 2.75) is 64.0 Å². The first kappa shape index (κ1) is 24.7. The maximum absolute atomic E-state index is 13.6. The number of hydrogen-bond acceptors (Lipinski definition) is 6. The number of imide groups is 1. The zero-order valence-corrected chi connectivity index (χ0v) is 20.7. The number of likely N-dealkylation sites (tertiary alicyclic amines) is 1. The van der Waals surface area contributed by atoms with E-state index in [4.69, 9.17) is 5.73 Å². The Morgan fingerprint density at radius 2 is 1.97 bits per heavy atom. The fourth-order valence-electron chi connectivity index (χ4n) is 5.46. The Balaban J connectivity index is 1.56. The van der Waals surface area contributed by atoms with Crippen LogP contribution in [0.2, 0.25) is 0 Å². The Morgan fingerprint density at radius 1 is 1.23 bits per heavy atom. The summed E-state index contributed by atoms with van der Waals surface area (Å²) >= 11 is 0. The van der Waals surface area contributed by atoms with Crippen molar-refractivity contribution in [2.24, 2.45) is 18.9 Å². The molecule has 2 fully saturated rings. The lowest BCUT2D eigenvalue weighted by molar-refractivity contribution is -0.156. The van der Waals surface area contributed by atoms with Gasteiger partial charge in [0.1, 0.15) is 17.7 Å². The van der Waals surface area contributed by atoms with Crippen LogP contribution in [0.3, 0.4) is 0 Å². The van der Waals surface area contributed by atoms with Gasteiger partial charge in [0.25, 0.3) is 5.91 Å². The van der Waals surface area contributed by atoms with E-state index in [9.17, 15) is 14.4 Å². The number of nitrogens with zero attached hydrogens (tertiary/aromatic N) is 5. The summed E-state index contributed by atoms with van der Waals surface area (Å²) in [4.78, 5) is 46.8. The number of urea groups is 1. The fraction of sp³-hybridized carbons (Fsp3) is 0.560. The minimum absolute atomic E-state index is 0.0137. The highest BCUT2D eigenvalue weighted by Crippen LogP contribution is 2.34. The third-order valence-electron chi connectivity index (χ3n) is 7.42. The Morgan fingerprint density at radius 3 is 2.60 bits per heavy atom. The number of aromatic nitrogens is 3. The van der Waals surface area contributed by atoms with Crippen LogP contribution in [0.1, 0.15) is 51.0 Å². The Bertz CT molecular complexity index is 1080. The number of rotatable bonds is 7. The number of carbonyl (C=O) groups is 3. The topological polar surface area (TPSA) is 126 Å². The average Bonchev–Trinajstić information content (AvgIpc) is 3.29. The minimum Gasteiger partial charge on any atom is -0.384 e. The van der Waals surface area contributed by atoms with Gasteiger partial charge in [-0.2, -0.15) is 5.10 Å². The summed E-state index contributed by atoms with van der Waals surface area (Å²) in [6.45, 7) is 2.05. The van der Waals surface area contributed by atoms with Crippen molar-refractivity contribution in [3.63, 3.8) is 0 Å². The molecule has 1 saturated heterocycles. The molecule has 2 aromatic rings. The SMILES string of the molecule is CCC(NC(=O)N1C(=O)[C@H](Cc2ccnc(N)c2)[C@H]1C(=O)N(C)c1ccnn1C)C1CCCCC1. The third kappa shape index (κ3) is 5.01. The average molecular weight is 482 g/mol. The number of pyridine rings is 1. The van der Waals surface area contributed by atoms with Gasteiger partial charge in [-0.25, -0.2) is 9.78 Å². The van der Waals surface area contributed by atoms with Gasteiger partial charge in [-0.15, -0.1) is 0 Å². The maximum Gasteiger partial charge on any atom is 0.325 e. The number of nitrogen functional groups attached to an aromatic ring is 1. The van der Waals surface area contributed by atoms with Crippen LogP contribution in [0.4, 0.5) is 16.4 Å². The molecule has 0 spiro atoms. The van der Waals surface area contributed by atoms with Crippen LogP contribution in [0, 0.1) is 11.8 Å². The highest BCUT2D eigenvalue weighted by atomic mass is 16.2. The van der Waals surface area contributed by atoms with Crippen molar-refractivity contribution in [1.29, 1.82) is 0 Å². The van der Waals surface area contributed by atoms with Gasteiger partial charge in [0.2, 0.25) is 5.91 Å². The largest absolute Gasteiger partial charge is 0.384 e. The smallest absolute Gasteiger partial charge is 0.325 e. The van der Waals surface area contributed by atoms with Crippen LogP contribution >= 0.6 is 0 Å². The molecule has 0 aromatic carbocycles. The number of likely N-dealkylation sites (N-methyl/N-ethyl adjacent to an activating group) is 1. The molecule has 188 valence electrons. The van der Waals surface area contributed by atoms with E-state index in [0.29, 0.717) is 24.0 Å². The lowest BCUT2D eigenvalue weighted by Gasteiger charge is -2.46. The van der Waals surface area contributed by atoms with Gasteiger partial charge in [-0.1, -0.05) is 26.2 Å². The van der Waals surface area contributed by atoms with Gasteiger partial charge in [-0.05, 0) is 49.3 Å². The molecule has 3 heterocycles. The predicted molar refractivity (Wildman–Crippen MR) is 132 cm³/mol. The quantitative estimate of drug-likeness (QED) is 0.585. The summed E-state index contributed by atoms with van der Waals surface area (Å²) in [6, 6.07) is 3.76. The number of aryl methyl sites for hydroxylation is 1. The first-order valence-corrected chi connectivity index (χ1v) is 12.4. The molecule has 2 aromatic heterocycles. The number of nitrogens with two attached hydrogens (primary N) is 1. The van der Waals surface area contributed by atoms with E-state index in [1.165, 1.54) is 11.3 Å². The van der Waals surface area contributed by atoms with Gasteiger partial charge < -0.3 is 11.1 Å². The normalized spacial score (nSPS) is 21.3. The third-order valence-corrected chi connectivity index (χ3v) is 7.42.